The highest BCUT2D eigenvalue weighted by molar-refractivity contribution is 7.47. The van der Waals surface area contributed by atoms with Crippen LogP contribution in [0.2, 0.25) is 0 Å². The van der Waals surface area contributed by atoms with E-state index in [1.807, 2.05) is 27.6 Å². The second-order valence-electron chi connectivity index (χ2n) is 9.95. The zero-order valence-corrected chi connectivity index (χ0v) is 26.8. The van der Waals surface area contributed by atoms with E-state index in [0.717, 1.165) is 7.11 Å². The monoisotopic (exact) mass is 647 g/mol. The van der Waals surface area contributed by atoms with Gasteiger partial charge in [0.05, 0.1) is 6.61 Å². The predicted molar refractivity (Wildman–Crippen MR) is 168 cm³/mol. The van der Waals surface area contributed by atoms with Crippen LogP contribution in [0.5, 0.6) is 23.0 Å². The largest absolute Gasteiger partial charge is 0.508 e. The van der Waals surface area contributed by atoms with Gasteiger partial charge in [0.1, 0.15) is 35.4 Å². The second-order valence-corrected chi connectivity index (χ2v) is 11.5. The minimum atomic E-state index is -4.11. The molecule has 3 aromatic carbocycles. The summed E-state index contributed by atoms with van der Waals surface area (Å²) < 4.78 is 26.5. The van der Waals surface area contributed by atoms with E-state index in [2.05, 4.69) is 9.84 Å². The Hall–Kier alpha value is -3.77. The summed E-state index contributed by atoms with van der Waals surface area (Å²) in [7, 11) is -3.05. The molecule has 0 aromatic heterocycles. The molecule has 0 fully saturated rings. The normalized spacial score (nSPS) is 14.5. The van der Waals surface area contributed by atoms with E-state index in [1.54, 1.807) is 30.3 Å². The first-order chi connectivity index (χ1) is 21.5. The molecule has 0 saturated carbocycles. The fourth-order valence-corrected chi connectivity index (χ4v) is 5.34. The summed E-state index contributed by atoms with van der Waals surface area (Å²) >= 11 is 0. The standard InChI is InChI=1S/C29H34NO10P.C2H6.CH2O/c1-18-6-7-20(28(34)30-12-4-3-5-19(16-31)17-39-41(36,37)38-2)13-25(18)29(35)23-10-8-21(32)14-26(23)40-27-15-22(33)9-11-24(27)29;2*1-2/h6-11,13-15,19,31-33,35H,3-5,12,16-17H2,1-2H3,(H,30,34)(H,36,37);1-2H3;1H2. The van der Waals surface area contributed by atoms with Crippen LogP contribution in [0.3, 0.4) is 0 Å². The second kappa shape index (κ2) is 17.1. The number of aryl methyl sites for hydroxylation is 1. The average Bonchev–Trinajstić information content (AvgIpc) is 3.04. The maximum absolute atomic E-state index is 13.1. The Balaban J connectivity index is 0.00000169. The van der Waals surface area contributed by atoms with Crippen molar-refractivity contribution < 1.29 is 53.3 Å². The van der Waals surface area contributed by atoms with Crippen LogP contribution in [-0.4, -0.2) is 64.9 Å². The van der Waals surface area contributed by atoms with Gasteiger partial charge in [-0.2, -0.15) is 0 Å². The van der Waals surface area contributed by atoms with E-state index in [1.165, 1.54) is 24.3 Å². The Kier molecular flexibility index (Phi) is 14.2. The molecule has 1 amide bonds. The minimum absolute atomic E-state index is 0.0549. The van der Waals surface area contributed by atoms with Gasteiger partial charge in [0, 0.05) is 55.0 Å². The number of rotatable bonds is 12. The molecule has 0 aliphatic carbocycles. The molecule has 2 atom stereocenters. The van der Waals surface area contributed by atoms with Gasteiger partial charge in [0.2, 0.25) is 0 Å². The number of phosphoric ester groups is 1. The van der Waals surface area contributed by atoms with E-state index in [9.17, 15) is 34.7 Å². The molecule has 2 unspecified atom stereocenters. The predicted octanol–water partition coefficient (Wildman–Crippen LogP) is 4.91. The number of phosphoric acid groups is 1. The number of phenolic OH excluding ortho intramolecular Hbond substituents is 2. The number of nitrogens with one attached hydrogen (secondary N) is 1. The summed E-state index contributed by atoms with van der Waals surface area (Å²) in [6.45, 7) is 7.81. The van der Waals surface area contributed by atoms with Gasteiger partial charge >= 0.3 is 7.82 Å². The van der Waals surface area contributed by atoms with E-state index < -0.39 is 13.4 Å². The van der Waals surface area contributed by atoms with Crippen LogP contribution in [0.4, 0.5) is 0 Å². The van der Waals surface area contributed by atoms with Crippen molar-refractivity contribution >= 4 is 20.5 Å². The molecule has 13 heteroatoms. The van der Waals surface area contributed by atoms with Crippen molar-refractivity contribution in [3.63, 3.8) is 0 Å². The number of fused-ring (bicyclic) bond motifs is 2. The van der Waals surface area contributed by atoms with Crippen LogP contribution in [-0.2, 0) is 24.0 Å². The van der Waals surface area contributed by atoms with Crippen LogP contribution >= 0.6 is 7.82 Å². The van der Waals surface area contributed by atoms with E-state index >= 15 is 0 Å². The highest BCUT2D eigenvalue weighted by Crippen LogP contribution is 2.52. The lowest BCUT2D eigenvalue weighted by Crippen LogP contribution is -2.34. The third-order valence-electron chi connectivity index (χ3n) is 7.11. The lowest BCUT2D eigenvalue weighted by atomic mass is 9.76. The molecule has 1 aliphatic heterocycles. The number of ether oxygens (including phenoxy) is 1. The number of carbonyl (C=O) groups is 2. The lowest BCUT2D eigenvalue weighted by molar-refractivity contribution is -0.0980. The highest BCUT2D eigenvalue weighted by atomic mass is 31.2. The zero-order chi connectivity index (χ0) is 33.8. The van der Waals surface area contributed by atoms with E-state index in [4.69, 9.17) is 14.1 Å². The number of amides is 1. The number of hydrogen-bond acceptors (Lipinski definition) is 10. The van der Waals surface area contributed by atoms with Gasteiger partial charge in [-0.25, -0.2) is 4.57 Å². The molecule has 4 rings (SSSR count). The summed E-state index contributed by atoms with van der Waals surface area (Å²) in [4.78, 5) is 30.4. The Labute approximate surface area is 262 Å². The first-order valence-electron chi connectivity index (χ1n) is 14.4. The third kappa shape index (κ3) is 9.13. The van der Waals surface area contributed by atoms with Crippen molar-refractivity contribution in [2.75, 3.05) is 26.9 Å². The van der Waals surface area contributed by atoms with Crippen LogP contribution in [0.1, 0.15) is 65.7 Å². The molecule has 6 N–H and O–H groups in total. The van der Waals surface area contributed by atoms with Gasteiger partial charge in [0.25, 0.3) is 5.91 Å². The van der Waals surface area contributed by atoms with Gasteiger partial charge in [-0.1, -0.05) is 26.3 Å². The molecule has 246 valence electrons. The summed E-state index contributed by atoms with van der Waals surface area (Å²) in [5, 5.41) is 44.7. The van der Waals surface area contributed by atoms with E-state index in [0.29, 0.717) is 53.6 Å². The molecule has 12 nitrogen and oxygen atoms in total. The van der Waals surface area contributed by atoms with Crippen molar-refractivity contribution in [2.24, 2.45) is 5.92 Å². The molecule has 0 saturated heterocycles. The van der Waals surface area contributed by atoms with Gasteiger partial charge in [0.15, 0.2) is 0 Å². The number of phenols is 2. The number of aliphatic hydroxyl groups excluding tert-OH is 1. The number of aliphatic hydroxyl groups is 2. The van der Waals surface area contributed by atoms with Crippen molar-refractivity contribution in [3.05, 3.63) is 82.4 Å². The summed E-state index contributed by atoms with van der Waals surface area (Å²) in [6.07, 6.45) is 1.74. The Morgan fingerprint density at radius 3 is 2.09 bits per heavy atom. The molecule has 1 heterocycles. The van der Waals surface area contributed by atoms with Gasteiger partial charge in [-0.05, 0) is 67.3 Å². The van der Waals surface area contributed by atoms with Crippen LogP contribution in [0.15, 0.2) is 54.6 Å². The van der Waals surface area contributed by atoms with E-state index in [-0.39, 0.29) is 48.0 Å². The number of aromatic hydroxyl groups is 2. The summed E-state index contributed by atoms with van der Waals surface area (Å²) in [5.41, 5.74) is 0.482. The molecule has 3 aromatic rings. The third-order valence-corrected chi connectivity index (χ3v) is 8.04. The van der Waals surface area contributed by atoms with Gasteiger partial charge in [-0.15, -0.1) is 0 Å². The van der Waals surface area contributed by atoms with Crippen LogP contribution in [0, 0.1) is 12.8 Å². The maximum atomic E-state index is 13.1. The zero-order valence-electron chi connectivity index (χ0n) is 25.9. The van der Waals surface area contributed by atoms with Crippen molar-refractivity contribution in [1.82, 2.24) is 5.32 Å². The minimum Gasteiger partial charge on any atom is -0.508 e. The summed E-state index contributed by atoms with van der Waals surface area (Å²) in [6, 6.07) is 13.8. The fraction of sp³-hybridized carbons (Fsp3) is 0.375. The smallest absolute Gasteiger partial charge is 0.471 e. The van der Waals surface area contributed by atoms with Crippen molar-refractivity contribution in [3.8, 4) is 23.0 Å². The van der Waals surface area contributed by atoms with Crippen molar-refractivity contribution in [2.45, 2.75) is 45.6 Å². The SMILES string of the molecule is C=O.CC.COP(=O)(O)OCC(CO)CCCCNC(=O)c1ccc(C)c(C2(O)c3ccc(O)cc3Oc3cc(O)ccc32)c1. The molecule has 1 aliphatic rings. The summed E-state index contributed by atoms with van der Waals surface area (Å²) in [5.74, 6) is -0.370. The quantitative estimate of drug-likeness (QED) is 0.116. The number of benzene rings is 3. The number of unbranched alkanes of at least 4 members (excludes halogenated alkanes) is 1. The number of hydrogen-bond donors (Lipinski definition) is 6. The average molecular weight is 648 g/mol. The first-order valence-corrected chi connectivity index (χ1v) is 15.9. The lowest BCUT2D eigenvalue weighted by Gasteiger charge is -2.37. The molecule has 0 bridgehead atoms. The Morgan fingerprint density at radius 1 is 0.978 bits per heavy atom. The molecule has 0 spiro atoms. The van der Waals surface area contributed by atoms with Crippen LogP contribution in [0.25, 0.3) is 0 Å². The maximum Gasteiger partial charge on any atom is 0.471 e. The topological polar surface area (TPSA) is 192 Å². The Morgan fingerprint density at radius 2 is 1.56 bits per heavy atom. The molecule has 45 heavy (non-hydrogen) atoms. The highest BCUT2D eigenvalue weighted by Gasteiger charge is 2.43. The molecular formula is C32H42NO11P. The van der Waals surface area contributed by atoms with Gasteiger partial charge in [-0.3, -0.25) is 13.8 Å². The van der Waals surface area contributed by atoms with Crippen LogP contribution < -0.4 is 10.1 Å². The molecular weight excluding hydrogens is 605 g/mol. The first kappa shape index (κ1) is 37.4. The number of carbonyl (C=O) groups excluding carboxylic acids is 2. The fourth-order valence-electron chi connectivity index (χ4n) is 4.84. The Bertz CT molecular complexity index is 1430. The van der Waals surface area contributed by atoms with Gasteiger partial charge < -0.3 is 40.2 Å². The van der Waals surface area contributed by atoms with Crippen molar-refractivity contribution in [1.29, 1.82) is 0 Å². The molecule has 0 radical (unpaired) electrons.